The number of hydrogen-bond donors (Lipinski definition) is 1. The van der Waals surface area contributed by atoms with Crippen LogP contribution in [0.25, 0.3) is 0 Å². The molecule has 1 aromatic carbocycles. The molecule has 2 heterocycles. The van der Waals surface area contributed by atoms with Crippen molar-refractivity contribution in [3.8, 4) is 0 Å². The molecule has 2 atom stereocenters. The molecule has 1 N–H and O–H groups in total. The van der Waals surface area contributed by atoms with Crippen LogP contribution in [0.2, 0.25) is 0 Å². The maximum Gasteiger partial charge on any atom is 0.228 e. The third-order valence-corrected chi connectivity index (χ3v) is 5.62. The van der Waals surface area contributed by atoms with Crippen molar-refractivity contribution in [1.29, 1.82) is 0 Å². The standard InChI is InChI=1S/C22H33N5O/c1-5-17-15-27(14-12-19(17)18-9-7-6-8-10-18)22(23-4)24-13-11-20-25-21(16(2)3)26-28-20/h6-10,16-17,19H,5,11-15H2,1-4H3,(H,23,24). The first-order chi connectivity index (χ1) is 13.6. The zero-order valence-corrected chi connectivity index (χ0v) is 17.6. The van der Waals surface area contributed by atoms with Gasteiger partial charge in [-0.05, 0) is 23.8 Å². The summed E-state index contributed by atoms with van der Waals surface area (Å²) in [6, 6.07) is 10.9. The Morgan fingerprint density at radius 2 is 2.11 bits per heavy atom. The number of benzene rings is 1. The molecule has 1 aromatic heterocycles. The van der Waals surface area contributed by atoms with Gasteiger partial charge in [0.2, 0.25) is 5.89 Å². The lowest BCUT2D eigenvalue weighted by Gasteiger charge is -2.40. The molecule has 1 aliphatic heterocycles. The number of piperidine rings is 1. The second-order valence-corrected chi connectivity index (χ2v) is 7.85. The molecule has 0 spiro atoms. The zero-order valence-electron chi connectivity index (χ0n) is 17.6. The number of hydrogen-bond acceptors (Lipinski definition) is 4. The molecule has 3 rings (SSSR count). The number of aromatic nitrogens is 2. The Hall–Kier alpha value is -2.37. The molecular weight excluding hydrogens is 350 g/mol. The van der Waals surface area contributed by atoms with E-state index in [1.165, 1.54) is 12.0 Å². The fourth-order valence-electron chi connectivity index (χ4n) is 3.99. The van der Waals surface area contributed by atoms with E-state index in [4.69, 9.17) is 4.52 Å². The minimum atomic E-state index is 0.287. The van der Waals surface area contributed by atoms with Gasteiger partial charge in [0.1, 0.15) is 0 Å². The second-order valence-electron chi connectivity index (χ2n) is 7.85. The number of aliphatic imine (C=N–C) groups is 1. The van der Waals surface area contributed by atoms with Gasteiger partial charge in [-0.2, -0.15) is 4.98 Å². The summed E-state index contributed by atoms with van der Waals surface area (Å²) in [6.07, 6.45) is 3.04. The molecule has 0 saturated carbocycles. The van der Waals surface area contributed by atoms with Crippen molar-refractivity contribution in [3.63, 3.8) is 0 Å². The molecule has 0 aliphatic carbocycles. The zero-order chi connectivity index (χ0) is 19.9. The fraction of sp³-hybridized carbons (Fsp3) is 0.591. The van der Waals surface area contributed by atoms with Crippen LogP contribution in [0.15, 0.2) is 39.8 Å². The van der Waals surface area contributed by atoms with E-state index < -0.39 is 0 Å². The normalized spacial score (nSPS) is 20.6. The van der Waals surface area contributed by atoms with E-state index in [1.54, 1.807) is 0 Å². The van der Waals surface area contributed by atoms with E-state index in [0.717, 1.165) is 37.8 Å². The van der Waals surface area contributed by atoms with Crippen molar-refractivity contribution < 1.29 is 4.52 Å². The maximum absolute atomic E-state index is 5.33. The van der Waals surface area contributed by atoms with Gasteiger partial charge in [0.15, 0.2) is 11.8 Å². The van der Waals surface area contributed by atoms with Gasteiger partial charge in [-0.1, -0.05) is 62.7 Å². The van der Waals surface area contributed by atoms with Crippen LogP contribution < -0.4 is 5.32 Å². The molecule has 2 aromatic rings. The molecule has 28 heavy (non-hydrogen) atoms. The van der Waals surface area contributed by atoms with E-state index in [9.17, 15) is 0 Å². The lowest BCUT2D eigenvalue weighted by Crippen LogP contribution is -2.48. The van der Waals surface area contributed by atoms with Crippen molar-refractivity contribution in [3.05, 3.63) is 47.6 Å². The predicted molar refractivity (Wildman–Crippen MR) is 113 cm³/mol. The minimum Gasteiger partial charge on any atom is -0.356 e. The van der Waals surface area contributed by atoms with Crippen LogP contribution in [0, 0.1) is 5.92 Å². The maximum atomic E-state index is 5.33. The smallest absolute Gasteiger partial charge is 0.228 e. The molecular formula is C22H33N5O. The minimum absolute atomic E-state index is 0.287. The Morgan fingerprint density at radius 1 is 1.32 bits per heavy atom. The topological polar surface area (TPSA) is 66.5 Å². The van der Waals surface area contributed by atoms with Crippen molar-refractivity contribution in [2.75, 3.05) is 26.7 Å². The van der Waals surface area contributed by atoms with E-state index in [2.05, 4.69) is 76.5 Å². The Morgan fingerprint density at radius 3 is 2.75 bits per heavy atom. The van der Waals surface area contributed by atoms with Gasteiger partial charge in [0.05, 0.1) is 0 Å². The van der Waals surface area contributed by atoms with Crippen molar-refractivity contribution >= 4 is 5.96 Å². The molecule has 1 fully saturated rings. The quantitative estimate of drug-likeness (QED) is 0.607. The van der Waals surface area contributed by atoms with Gasteiger partial charge in [-0.25, -0.2) is 0 Å². The van der Waals surface area contributed by atoms with Crippen LogP contribution in [-0.4, -0.2) is 47.7 Å². The van der Waals surface area contributed by atoms with Crippen molar-refractivity contribution in [2.24, 2.45) is 10.9 Å². The monoisotopic (exact) mass is 383 g/mol. The van der Waals surface area contributed by atoms with Gasteiger partial charge in [-0.3, -0.25) is 4.99 Å². The highest BCUT2D eigenvalue weighted by atomic mass is 16.5. The lowest BCUT2D eigenvalue weighted by molar-refractivity contribution is 0.215. The highest BCUT2D eigenvalue weighted by molar-refractivity contribution is 5.80. The molecule has 152 valence electrons. The highest BCUT2D eigenvalue weighted by Crippen LogP contribution is 2.34. The Bertz CT molecular complexity index is 755. The van der Waals surface area contributed by atoms with Crippen LogP contribution in [0.4, 0.5) is 0 Å². The molecule has 6 nitrogen and oxygen atoms in total. The number of likely N-dealkylation sites (tertiary alicyclic amines) is 1. The summed E-state index contributed by atoms with van der Waals surface area (Å²) in [5, 5.41) is 7.50. The van der Waals surface area contributed by atoms with Crippen molar-refractivity contribution in [1.82, 2.24) is 20.4 Å². The lowest BCUT2D eigenvalue weighted by atomic mass is 9.79. The van der Waals surface area contributed by atoms with Crippen LogP contribution in [-0.2, 0) is 6.42 Å². The van der Waals surface area contributed by atoms with E-state index in [0.29, 0.717) is 24.1 Å². The summed E-state index contributed by atoms with van der Waals surface area (Å²) < 4.78 is 5.33. The third kappa shape index (κ3) is 4.91. The molecule has 0 amide bonds. The fourth-order valence-corrected chi connectivity index (χ4v) is 3.99. The average molecular weight is 384 g/mol. The summed E-state index contributed by atoms with van der Waals surface area (Å²) >= 11 is 0. The largest absolute Gasteiger partial charge is 0.356 e. The number of rotatable bonds is 6. The molecule has 1 aliphatic rings. The van der Waals surface area contributed by atoms with Gasteiger partial charge in [0.25, 0.3) is 0 Å². The molecule has 2 unspecified atom stereocenters. The SMILES string of the molecule is CCC1CN(C(=NC)NCCc2nc(C(C)C)no2)CCC1c1ccccc1. The summed E-state index contributed by atoms with van der Waals surface area (Å²) in [4.78, 5) is 11.3. The van der Waals surface area contributed by atoms with Gasteiger partial charge >= 0.3 is 0 Å². The predicted octanol–water partition coefficient (Wildman–Crippen LogP) is 3.83. The van der Waals surface area contributed by atoms with Gasteiger partial charge in [-0.15, -0.1) is 0 Å². The van der Waals surface area contributed by atoms with Crippen molar-refractivity contribution in [2.45, 2.75) is 51.9 Å². The first kappa shape index (κ1) is 20.4. The third-order valence-electron chi connectivity index (χ3n) is 5.62. The van der Waals surface area contributed by atoms with Crippen LogP contribution in [0.5, 0.6) is 0 Å². The van der Waals surface area contributed by atoms with Gasteiger partial charge in [0, 0.05) is 39.0 Å². The summed E-state index contributed by atoms with van der Waals surface area (Å²) in [7, 11) is 1.86. The number of nitrogens with zero attached hydrogens (tertiary/aromatic N) is 4. The van der Waals surface area contributed by atoms with E-state index in [1.807, 2.05) is 7.05 Å². The first-order valence-electron chi connectivity index (χ1n) is 10.4. The molecule has 1 saturated heterocycles. The van der Waals surface area contributed by atoms with E-state index in [-0.39, 0.29) is 5.92 Å². The summed E-state index contributed by atoms with van der Waals surface area (Å²) in [5.41, 5.74) is 1.47. The summed E-state index contributed by atoms with van der Waals surface area (Å²) in [5.74, 6) is 3.98. The Kier molecular flexibility index (Phi) is 7.06. The Labute approximate surface area is 168 Å². The first-order valence-corrected chi connectivity index (χ1v) is 10.4. The van der Waals surface area contributed by atoms with Crippen LogP contribution in [0.3, 0.4) is 0 Å². The second kappa shape index (κ2) is 9.71. The van der Waals surface area contributed by atoms with E-state index >= 15 is 0 Å². The molecule has 6 heteroatoms. The highest BCUT2D eigenvalue weighted by Gasteiger charge is 2.30. The Balaban J connectivity index is 1.54. The van der Waals surface area contributed by atoms with Gasteiger partial charge < -0.3 is 14.7 Å². The van der Waals surface area contributed by atoms with Crippen LogP contribution in [0.1, 0.15) is 62.7 Å². The molecule has 0 bridgehead atoms. The summed E-state index contributed by atoms with van der Waals surface area (Å²) in [6.45, 7) is 9.22. The number of nitrogens with one attached hydrogen (secondary N) is 1. The number of guanidine groups is 1. The molecule has 0 radical (unpaired) electrons. The van der Waals surface area contributed by atoms with Crippen LogP contribution >= 0.6 is 0 Å². The average Bonchev–Trinajstić information content (AvgIpc) is 3.21.